The van der Waals surface area contributed by atoms with Crippen molar-refractivity contribution in [2.45, 2.75) is 25.9 Å². The van der Waals surface area contributed by atoms with Gasteiger partial charge in [0.15, 0.2) is 5.82 Å². The molecule has 0 saturated heterocycles. The Morgan fingerprint density at radius 2 is 2.14 bits per heavy atom. The van der Waals surface area contributed by atoms with E-state index in [1.807, 2.05) is 4.68 Å². The van der Waals surface area contributed by atoms with Crippen LogP contribution < -0.4 is 5.32 Å². The number of ether oxygens (including phenoxy) is 1. The lowest BCUT2D eigenvalue weighted by Gasteiger charge is -2.19. The van der Waals surface area contributed by atoms with Gasteiger partial charge in [0.2, 0.25) is 0 Å². The van der Waals surface area contributed by atoms with Crippen molar-refractivity contribution in [2.24, 2.45) is 0 Å². The minimum Gasteiger partial charge on any atom is -0.383 e. The van der Waals surface area contributed by atoms with E-state index < -0.39 is 0 Å². The Labute approximate surface area is 129 Å². The second-order valence-corrected chi connectivity index (χ2v) is 5.00. The quantitative estimate of drug-likeness (QED) is 0.808. The molecule has 0 aliphatic carbocycles. The van der Waals surface area contributed by atoms with Crippen LogP contribution in [0.25, 0.3) is 0 Å². The first-order valence-corrected chi connectivity index (χ1v) is 7.36. The van der Waals surface area contributed by atoms with Gasteiger partial charge in [-0.1, -0.05) is 18.5 Å². The highest BCUT2D eigenvalue weighted by Crippen LogP contribution is 2.26. The van der Waals surface area contributed by atoms with Gasteiger partial charge in [-0.15, -0.1) is 0 Å². The summed E-state index contributed by atoms with van der Waals surface area (Å²) in [4.78, 5) is 8.69. The number of hydrogen-bond acceptors (Lipinski definition) is 5. The lowest BCUT2D eigenvalue weighted by molar-refractivity contribution is 0.182. The van der Waals surface area contributed by atoms with E-state index >= 15 is 0 Å². The predicted octanol–water partition coefficient (Wildman–Crippen LogP) is 2.06. The lowest BCUT2D eigenvalue weighted by atomic mass is 10.1. The summed E-state index contributed by atoms with van der Waals surface area (Å²) in [6.45, 7) is 4.16. The summed E-state index contributed by atoms with van der Waals surface area (Å²) in [7, 11) is 1.66. The highest BCUT2D eigenvalue weighted by molar-refractivity contribution is 6.31. The van der Waals surface area contributed by atoms with Crippen LogP contribution in [0.2, 0.25) is 5.02 Å². The van der Waals surface area contributed by atoms with E-state index in [1.54, 1.807) is 31.8 Å². The van der Waals surface area contributed by atoms with E-state index in [1.165, 1.54) is 0 Å². The van der Waals surface area contributed by atoms with Gasteiger partial charge in [0.25, 0.3) is 0 Å². The molecular weight excluding hydrogens is 290 g/mol. The molecule has 0 aromatic carbocycles. The summed E-state index contributed by atoms with van der Waals surface area (Å²) in [5.74, 6) is 0.687. The molecule has 21 heavy (non-hydrogen) atoms. The molecule has 2 heterocycles. The van der Waals surface area contributed by atoms with Gasteiger partial charge in [-0.25, -0.2) is 9.97 Å². The second kappa shape index (κ2) is 8.07. The first-order chi connectivity index (χ1) is 10.3. The van der Waals surface area contributed by atoms with Crippen molar-refractivity contribution in [3.05, 3.63) is 41.2 Å². The summed E-state index contributed by atoms with van der Waals surface area (Å²) in [6, 6.07) is 1.61. The van der Waals surface area contributed by atoms with Crippen LogP contribution >= 0.6 is 11.6 Å². The number of hydrogen-bond donors (Lipinski definition) is 1. The molecular formula is C14H20ClN5O. The summed E-state index contributed by atoms with van der Waals surface area (Å²) in [5, 5.41) is 8.36. The molecule has 1 N–H and O–H groups in total. The van der Waals surface area contributed by atoms with E-state index in [0.29, 0.717) is 24.0 Å². The number of aromatic nitrogens is 4. The molecule has 0 aliphatic heterocycles. The van der Waals surface area contributed by atoms with Gasteiger partial charge < -0.3 is 10.1 Å². The maximum absolute atomic E-state index is 6.33. The summed E-state index contributed by atoms with van der Waals surface area (Å²) in [6.07, 6.45) is 6.11. The third-order valence-corrected chi connectivity index (χ3v) is 3.35. The van der Waals surface area contributed by atoms with Crippen molar-refractivity contribution >= 4 is 11.6 Å². The monoisotopic (exact) mass is 309 g/mol. The third kappa shape index (κ3) is 4.00. The van der Waals surface area contributed by atoms with Crippen LogP contribution in [0.4, 0.5) is 0 Å². The molecule has 2 aromatic rings. The van der Waals surface area contributed by atoms with Crippen LogP contribution in [-0.4, -0.2) is 40.0 Å². The Bertz CT molecular complexity index is 546. The number of nitrogens with zero attached hydrogens (tertiary/aromatic N) is 4. The first kappa shape index (κ1) is 15.9. The van der Waals surface area contributed by atoms with Crippen molar-refractivity contribution < 1.29 is 4.74 Å². The summed E-state index contributed by atoms with van der Waals surface area (Å²) in [5.41, 5.74) is 0.869. The number of halogens is 1. The summed E-state index contributed by atoms with van der Waals surface area (Å²) < 4.78 is 6.96. The first-order valence-electron chi connectivity index (χ1n) is 6.98. The van der Waals surface area contributed by atoms with Crippen LogP contribution in [0.1, 0.15) is 30.9 Å². The molecule has 0 aliphatic rings. The normalized spacial score (nSPS) is 12.5. The van der Waals surface area contributed by atoms with Gasteiger partial charge in [-0.05, 0) is 19.0 Å². The number of methoxy groups -OCH3 is 1. The van der Waals surface area contributed by atoms with Gasteiger partial charge in [0.1, 0.15) is 6.04 Å². The Balaban J connectivity index is 2.34. The SMILES string of the molecule is CCCNC(c1ncccn1)c1c(Cl)cnn1CCOC. The van der Waals surface area contributed by atoms with E-state index in [4.69, 9.17) is 16.3 Å². The number of nitrogens with one attached hydrogen (secondary N) is 1. The molecule has 2 rings (SSSR count). The van der Waals surface area contributed by atoms with Crippen LogP contribution in [0, 0.1) is 0 Å². The minimum absolute atomic E-state index is 0.182. The molecule has 0 spiro atoms. The van der Waals surface area contributed by atoms with Crippen LogP contribution in [0.5, 0.6) is 0 Å². The molecule has 2 aromatic heterocycles. The van der Waals surface area contributed by atoms with Gasteiger partial charge in [-0.2, -0.15) is 5.10 Å². The number of rotatable bonds is 8. The van der Waals surface area contributed by atoms with Crippen molar-refractivity contribution in [3.63, 3.8) is 0 Å². The van der Waals surface area contributed by atoms with Crippen LogP contribution in [0.3, 0.4) is 0 Å². The van der Waals surface area contributed by atoms with E-state index in [2.05, 4.69) is 27.3 Å². The molecule has 0 amide bonds. The topological polar surface area (TPSA) is 64.9 Å². The lowest BCUT2D eigenvalue weighted by Crippen LogP contribution is -2.28. The zero-order valence-corrected chi connectivity index (χ0v) is 13.0. The van der Waals surface area contributed by atoms with Crippen molar-refractivity contribution in [2.75, 3.05) is 20.3 Å². The third-order valence-electron chi connectivity index (χ3n) is 3.06. The Kier molecular flexibility index (Phi) is 6.10. The van der Waals surface area contributed by atoms with E-state index in [-0.39, 0.29) is 6.04 Å². The van der Waals surface area contributed by atoms with Crippen molar-refractivity contribution in [1.29, 1.82) is 0 Å². The zero-order chi connectivity index (χ0) is 15.1. The average molecular weight is 310 g/mol. The predicted molar refractivity (Wildman–Crippen MR) is 81.3 cm³/mol. The van der Waals surface area contributed by atoms with Gasteiger partial charge in [-0.3, -0.25) is 4.68 Å². The highest BCUT2D eigenvalue weighted by Gasteiger charge is 2.23. The van der Waals surface area contributed by atoms with Crippen LogP contribution in [-0.2, 0) is 11.3 Å². The molecule has 1 unspecified atom stereocenters. The largest absolute Gasteiger partial charge is 0.383 e. The van der Waals surface area contributed by atoms with Gasteiger partial charge in [0.05, 0.1) is 30.1 Å². The van der Waals surface area contributed by atoms with Gasteiger partial charge >= 0.3 is 0 Å². The van der Waals surface area contributed by atoms with Gasteiger partial charge in [0, 0.05) is 19.5 Å². The molecule has 0 fully saturated rings. The second-order valence-electron chi connectivity index (χ2n) is 4.59. The molecule has 0 saturated carbocycles. The minimum atomic E-state index is -0.182. The van der Waals surface area contributed by atoms with E-state index in [9.17, 15) is 0 Å². The summed E-state index contributed by atoms with van der Waals surface area (Å²) >= 11 is 6.33. The fourth-order valence-corrected chi connectivity index (χ4v) is 2.32. The fourth-order valence-electron chi connectivity index (χ4n) is 2.07. The molecule has 1 atom stereocenters. The van der Waals surface area contributed by atoms with E-state index in [0.717, 1.165) is 18.7 Å². The maximum Gasteiger partial charge on any atom is 0.151 e. The van der Waals surface area contributed by atoms with Crippen molar-refractivity contribution in [3.8, 4) is 0 Å². The standard InChI is InChI=1S/C14H20ClN5O/c1-3-5-16-12(14-17-6-4-7-18-14)13-11(15)10-19-20(13)8-9-21-2/h4,6-7,10,12,16H,3,5,8-9H2,1-2H3. The molecule has 6 nitrogen and oxygen atoms in total. The Morgan fingerprint density at radius 1 is 1.38 bits per heavy atom. The smallest absolute Gasteiger partial charge is 0.151 e. The fraction of sp³-hybridized carbons (Fsp3) is 0.500. The molecule has 0 radical (unpaired) electrons. The maximum atomic E-state index is 6.33. The van der Waals surface area contributed by atoms with Crippen molar-refractivity contribution in [1.82, 2.24) is 25.1 Å². The molecule has 0 bridgehead atoms. The average Bonchev–Trinajstić information content (AvgIpc) is 2.88. The Morgan fingerprint density at radius 3 is 2.81 bits per heavy atom. The zero-order valence-electron chi connectivity index (χ0n) is 12.3. The Hall–Kier alpha value is -1.50. The molecule has 114 valence electrons. The highest BCUT2D eigenvalue weighted by atomic mass is 35.5. The van der Waals surface area contributed by atoms with Crippen LogP contribution in [0.15, 0.2) is 24.7 Å². The molecule has 7 heteroatoms.